The predicted molar refractivity (Wildman–Crippen MR) is 119 cm³/mol. The van der Waals surface area contributed by atoms with Gasteiger partial charge in [-0.3, -0.25) is 4.90 Å². The summed E-state index contributed by atoms with van der Waals surface area (Å²) < 4.78 is 40.8. The Morgan fingerprint density at radius 3 is 1.91 bits per heavy atom. The number of hydrogen-bond acceptors (Lipinski definition) is 3. The fraction of sp³-hybridized carbons (Fsp3) is 0.240. The summed E-state index contributed by atoms with van der Waals surface area (Å²) in [5.41, 5.74) is 5.51. The van der Waals surface area contributed by atoms with Crippen molar-refractivity contribution in [1.29, 1.82) is 0 Å². The molecule has 8 heteroatoms. The van der Waals surface area contributed by atoms with E-state index in [2.05, 4.69) is 63.5 Å². The van der Waals surface area contributed by atoms with Gasteiger partial charge in [-0.15, -0.1) is 13.2 Å². The lowest BCUT2D eigenvalue weighted by atomic mass is 10.0. The van der Waals surface area contributed by atoms with Crippen LogP contribution in [0.3, 0.4) is 0 Å². The van der Waals surface area contributed by atoms with Crippen molar-refractivity contribution in [2.75, 3.05) is 31.5 Å². The summed E-state index contributed by atoms with van der Waals surface area (Å²) in [6.45, 7) is 2.56. The number of carbonyl (C=O) groups excluding carboxylic acids is 1. The molecule has 0 aromatic heterocycles. The number of amides is 2. The van der Waals surface area contributed by atoms with Gasteiger partial charge < -0.3 is 15.0 Å². The predicted octanol–water partition coefficient (Wildman–Crippen LogP) is 5.50. The van der Waals surface area contributed by atoms with Crippen molar-refractivity contribution in [1.82, 2.24) is 9.80 Å². The molecule has 1 fully saturated rings. The van der Waals surface area contributed by atoms with Crippen LogP contribution < -0.4 is 10.1 Å². The summed E-state index contributed by atoms with van der Waals surface area (Å²) in [4.78, 5) is 16.8. The van der Waals surface area contributed by atoms with Crippen LogP contribution in [0.1, 0.15) is 17.2 Å². The Kier molecular flexibility index (Phi) is 5.46. The summed E-state index contributed by atoms with van der Waals surface area (Å²) in [5, 5.41) is 2.75. The quantitative estimate of drug-likeness (QED) is 0.569. The Balaban J connectivity index is 1.22. The number of carbonyl (C=O) groups is 1. The molecule has 33 heavy (non-hydrogen) atoms. The fourth-order valence-electron chi connectivity index (χ4n) is 4.65. The topological polar surface area (TPSA) is 44.8 Å². The molecular formula is C25H22F3N3O2. The van der Waals surface area contributed by atoms with Crippen molar-refractivity contribution in [2.24, 2.45) is 0 Å². The first kappa shape index (κ1) is 21.3. The van der Waals surface area contributed by atoms with Crippen molar-refractivity contribution in [3.63, 3.8) is 0 Å². The summed E-state index contributed by atoms with van der Waals surface area (Å²) in [5.74, 6) is -0.328. The highest BCUT2D eigenvalue weighted by Crippen LogP contribution is 2.46. The minimum atomic E-state index is -4.75. The van der Waals surface area contributed by atoms with Gasteiger partial charge in [0, 0.05) is 31.9 Å². The number of alkyl halides is 3. The molecule has 1 saturated heterocycles. The third-order valence-electron chi connectivity index (χ3n) is 6.11. The molecule has 3 aromatic carbocycles. The number of nitrogens with one attached hydrogen (secondary N) is 1. The van der Waals surface area contributed by atoms with Gasteiger partial charge in [0.15, 0.2) is 0 Å². The molecule has 1 aliphatic carbocycles. The van der Waals surface area contributed by atoms with E-state index in [1.54, 1.807) is 4.90 Å². The maximum Gasteiger partial charge on any atom is 0.573 e. The SMILES string of the molecule is O=C(Nc1ccc(OC(F)(F)F)cc1)N1CCN(C2c3ccccc3-c3ccccc32)CC1. The van der Waals surface area contributed by atoms with Crippen LogP contribution in [0, 0.1) is 0 Å². The second-order valence-electron chi connectivity index (χ2n) is 8.10. The number of fused-ring (bicyclic) bond motifs is 3. The van der Waals surface area contributed by atoms with Crippen molar-refractivity contribution in [2.45, 2.75) is 12.4 Å². The van der Waals surface area contributed by atoms with Crippen LogP contribution >= 0.6 is 0 Å². The number of halogens is 3. The first-order chi connectivity index (χ1) is 15.9. The standard InChI is InChI=1S/C25H22F3N3O2/c26-25(27,28)33-18-11-9-17(10-12-18)29-24(32)31-15-13-30(14-16-31)23-21-7-3-1-5-19(21)20-6-2-4-8-22(20)23/h1-12,23H,13-16H2,(H,29,32). The normalized spacial score (nSPS) is 16.3. The van der Waals surface area contributed by atoms with Crippen molar-refractivity contribution < 1.29 is 22.7 Å². The number of ether oxygens (including phenoxy) is 1. The Morgan fingerprint density at radius 2 is 1.36 bits per heavy atom. The van der Waals surface area contributed by atoms with E-state index in [1.165, 1.54) is 46.5 Å². The lowest BCUT2D eigenvalue weighted by molar-refractivity contribution is -0.274. The summed E-state index contributed by atoms with van der Waals surface area (Å²) in [6, 6.07) is 21.9. The second kappa shape index (κ2) is 8.44. The number of hydrogen-bond donors (Lipinski definition) is 1. The Hall–Kier alpha value is -3.52. The molecule has 0 saturated carbocycles. The molecule has 0 unspecified atom stereocenters. The summed E-state index contributed by atoms with van der Waals surface area (Å²) in [7, 11) is 0. The van der Waals surface area contributed by atoms with E-state index in [4.69, 9.17) is 0 Å². The molecule has 3 aromatic rings. The van der Waals surface area contributed by atoms with Gasteiger partial charge in [-0.1, -0.05) is 48.5 Å². The maximum atomic E-state index is 12.7. The van der Waals surface area contributed by atoms with Crippen molar-refractivity contribution in [3.8, 4) is 16.9 Å². The van der Waals surface area contributed by atoms with E-state index in [-0.39, 0.29) is 17.8 Å². The molecule has 1 N–H and O–H groups in total. The van der Waals surface area contributed by atoms with E-state index in [1.807, 2.05) is 0 Å². The minimum Gasteiger partial charge on any atom is -0.406 e. The number of benzene rings is 3. The van der Waals surface area contributed by atoms with E-state index < -0.39 is 6.36 Å². The molecule has 1 aliphatic heterocycles. The zero-order valence-electron chi connectivity index (χ0n) is 17.7. The molecule has 0 bridgehead atoms. The monoisotopic (exact) mass is 453 g/mol. The third-order valence-corrected chi connectivity index (χ3v) is 6.11. The molecule has 0 atom stereocenters. The number of anilines is 1. The number of rotatable bonds is 3. The molecule has 1 heterocycles. The molecular weight excluding hydrogens is 431 g/mol. The Morgan fingerprint density at radius 1 is 0.818 bits per heavy atom. The number of nitrogens with zero attached hydrogens (tertiary/aromatic N) is 2. The van der Waals surface area contributed by atoms with Gasteiger partial charge >= 0.3 is 12.4 Å². The van der Waals surface area contributed by atoms with E-state index in [0.717, 1.165) is 13.1 Å². The summed E-state index contributed by atoms with van der Waals surface area (Å²) >= 11 is 0. The lowest BCUT2D eigenvalue weighted by Crippen LogP contribution is -2.50. The molecule has 2 amide bonds. The zero-order valence-corrected chi connectivity index (χ0v) is 17.7. The van der Waals surface area contributed by atoms with Crippen LogP contribution in [-0.2, 0) is 0 Å². The molecule has 5 nitrogen and oxygen atoms in total. The van der Waals surface area contributed by atoms with Gasteiger partial charge in [0.05, 0.1) is 6.04 Å². The lowest BCUT2D eigenvalue weighted by Gasteiger charge is -2.38. The van der Waals surface area contributed by atoms with Crippen LogP contribution in [0.4, 0.5) is 23.7 Å². The molecule has 2 aliphatic rings. The molecule has 0 spiro atoms. The van der Waals surface area contributed by atoms with Gasteiger partial charge in [-0.25, -0.2) is 4.79 Å². The highest BCUT2D eigenvalue weighted by molar-refractivity contribution is 5.89. The average molecular weight is 453 g/mol. The van der Waals surface area contributed by atoms with Crippen LogP contribution in [0.15, 0.2) is 72.8 Å². The van der Waals surface area contributed by atoms with Gasteiger partial charge in [0.25, 0.3) is 0 Å². The van der Waals surface area contributed by atoms with E-state index in [0.29, 0.717) is 18.8 Å². The van der Waals surface area contributed by atoms with Crippen LogP contribution in [0.2, 0.25) is 0 Å². The minimum absolute atomic E-state index is 0.170. The molecule has 170 valence electrons. The highest BCUT2D eigenvalue weighted by Gasteiger charge is 2.35. The first-order valence-electron chi connectivity index (χ1n) is 10.7. The fourth-order valence-corrected chi connectivity index (χ4v) is 4.65. The van der Waals surface area contributed by atoms with E-state index >= 15 is 0 Å². The third kappa shape index (κ3) is 4.39. The van der Waals surface area contributed by atoms with Gasteiger partial charge in [0.1, 0.15) is 5.75 Å². The number of piperazine rings is 1. The first-order valence-corrected chi connectivity index (χ1v) is 10.7. The van der Waals surface area contributed by atoms with Crippen molar-refractivity contribution >= 4 is 11.7 Å². The highest BCUT2D eigenvalue weighted by atomic mass is 19.4. The maximum absolute atomic E-state index is 12.7. The van der Waals surface area contributed by atoms with Gasteiger partial charge in [-0.05, 0) is 46.5 Å². The molecule has 5 rings (SSSR count). The van der Waals surface area contributed by atoms with Crippen molar-refractivity contribution in [3.05, 3.63) is 83.9 Å². The Labute approximate surface area is 189 Å². The average Bonchev–Trinajstić information content (AvgIpc) is 3.14. The number of urea groups is 1. The zero-order chi connectivity index (χ0) is 23.0. The largest absolute Gasteiger partial charge is 0.573 e. The van der Waals surface area contributed by atoms with Crippen LogP contribution in [0.5, 0.6) is 5.75 Å². The smallest absolute Gasteiger partial charge is 0.406 e. The second-order valence-corrected chi connectivity index (χ2v) is 8.10. The van der Waals surface area contributed by atoms with E-state index in [9.17, 15) is 18.0 Å². The van der Waals surface area contributed by atoms with Crippen LogP contribution in [0.25, 0.3) is 11.1 Å². The molecule has 0 radical (unpaired) electrons. The van der Waals surface area contributed by atoms with Gasteiger partial charge in [0.2, 0.25) is 0 Å². The van der Waals surface area contributed by atoms with Crippen LogP contribution in [-0.4, -0.2) is 48.4 Å². The summed E-state index contributed by atoms with van der Waals surface area (Å²) in [6.07, 6.45) is -4.75. The Bertz CT molecular complexity index is 1110. The van der Waals surface area contributed by atoms with Gasteiger partial charge in [-0.2, -0.15) is 0 Å².